The third-order valence-electron chi connectivity index (χ3n) is 4.22. The monoisotopic (exact) mass is 360 g/mol. The summed E-state index contributed by atoms with van der Waals surface area (Å²) in [6.45, 7) is 4.79. The lowest BCUT2D eigenvalue weighted by atomic mass is 10.1. The molecule has 2 N–H and O–H groups in total. The summed E-state index contributed by atoms with van der Waals surface area (Å²) >= 11 is 0. The molecule has 0 bridgehead atoms. The predicted octanol–water partition coefficient (Wildman–Crippen LogP) is 4.93. The number of ether oxygens (including phenoxy) is 1. The Morgan fingerprint density at radius 1 is 0.926 bits per heavy atom. The number of amides is 1. The molecule has 0 aromatic heterocycles. The molecule has 0 atom stereocenters. The van der Waals surface area contributed by atoms with Crippen molar-refractivity contribution >= 4 is 17.3 Å². The summed E-state index contributed by atoms with van der Waals surface area (Å²) in [5, 5.41) is 6.08. The second-order valence-electron chi connectivity index (χ2n) is 6.52. The van der Waals surface area contributed by atoms with E-state index in [1.54, 1.807) is 0 Å². The first-order valence-corrected chi connectivity index (χ1v) is 8.98. The number of nitrogens with one attached hydrogen (secondary N) is 2. The molecule has 0 saturated carbocycles. The van der Waals surface area contributed by atoms with Crippen molar-refractivity contribution in [3.8, 4) is 5.75 Å². The Morgan fingerprint density at radius 3 is 2.41 bits per heavy atom. The second kappa shape index (κ2) is 8.90. The molecule has 138 valence electrons. The smallest absolute Gasteiger partial charge is 0.243 e. The maximum atomic E-state index is 12.2. The maximum Gasteiger partial charge on any atom is 0.243 e. The van der Waals surface area contributed by atoms with E-state index in [1.165, 1.54) is 0 Å². The van der Waals surface area contributed by atoms with Gasteiger partial charge in [0.25, 0.3) is 0 Å². The largest absolute Gasteiger partial charge is 0.489 e. The van der Waals surface area contributed by atoms with Crippen molar-refractivity contribution in [1.82, 2.24) is 0 Å². The van der Waals surface area contributed by atoms with Gasteiger partial charge in [0.05, 0.1) is 6.54 Å². The molecule has 0 radical (unpaired) electrons. The van der Waals surface area contributed by atoms with E-state index in [1.807, 2.05) is 80.6 Å². The van der Waals surface area contributed by atoms with Crippen LogP contribution in [0.15, 0.2) is 72.8 Å². The van der Waals surface area contributed by atoms with Crippen molar-refractivity contribution < 1.29 is 9.53 Å². The summed E-state index contributed by atoms with van der Waals surface area (Å²) in [7, 11) is 0. The van der Waals surface area contributed by atoms with Gasteiger partial charge >= 0.3 is 0 Å². The lowest BCUT2D eigenvalue weighted by Crippen LogP contribution is -2.22. The molecule has 0 unspecified atom stereocenters. The van der Waals surface area contributed by atoms with Gasteiger partial charge in [-0.25, -0.2) is 0 Å². The number of benzene rings is 3. The zero-order valence-corrected chi connectivity index (χ0v) is 15.7. The average molecular weight is 360 g/mol. The van der Waals surface area contributed by atoms with Gasteiger partial charge in [-0.3, -0.25) is 4.79 Å². The van der Waals surface area contributed by atoms with Crippen molar-refractivity contribution in [2.75, 3.05) is 17.2 Å². The van der Waals surface area contributed by atoms with Gasteiger partial charge in [0.1, 0.15) is 12.4 Å². The van der Waals surface area contributed by atoms with Gasteiger partial charge in [0, 0.05) is 11.4 Å². The third kappa shape index (κ3) is 5.61. The first-order valence-electron chi connectivity index (χ1n) is 8.98. The van der Waals surface area contributed by atoms with Crippen LogP contribution in [0.4, 0.5) is 11.4 Å². The van der Waals surface area contributed by atoms with Crippen molar-refractivity contribution in [3.63, 3.8) is 0 Å². The van der Waals surface area contributed by atoms with Crippen LogP contribution in [0.2, 0.25) is 0 Å². The number of hydrogen-bond acceptors (Lipinski definition) is 3. The number of rotatable bonds is 7. The fourth-order valence-corrected chi connectivity index (χ4v) is 2.68. The normalized spacial score (nSPS) is 10.3. The Kier molecular flexibility index (Phi) is 6.10. The van der Waals surface area contributed by atoms with Crippen LogP contribution in [-0.2, 0) is 11.4 Å². The fraction of sp³-hybridized carbons (Fsp3) is 0.174. The Morgan fingerprint density at radius 2 is 1.67 bits per heavy atom. The highest BCUT2D eigenvalue weighted by Gasteiger charge is 2.05. The van der Waals surface area contributed by atoms with E-state index in [-0.39, 0.29) is 12.5 Å². The molecule has 3 rings (SSSR count). The van der Waals surface area contributed by atoms with Crippen molar-refractivity contribution in [1.29, 1.82) is 0 Å². The molecule has 0 aliphatic heterocycles. The van der Waals surface area contributed by atoms with Crippen LogP contribution in [0.25, 0.3) is 0 Å². The molecule has 1 amide bonds. The molecule has 0 spiro atoms. The van der Waals surface area contributed by atoms with Crippen LogP contribution in [0, 0.1) is 13.8 Å². The number of carbonyl (C=O) groups is 1. The molecule has 0 heterocycles. The number of anilines is 2. The highest BCUT2D eigenvalue weighted by molar-refractivity contribution is 5.93. The minimum absolute atomic E-state index is 0.0890. The van der Waals surface area contributed by atoms with Gasteiger partial charge in [-0.1, -0.05) is 42.5 Å². The van der Waals surface area contributed by atoms with Crippen molar-refractivity contribution in [2.45, 2.75) is 20.5 Å². The van der Waals surface area contributed by atoms with E-state index < -0.39 is 0 Å². The van der Waals surface area contributed by atoms with E-state index in [9.17, 15) is 4.79 Å². The van der Waals surface area contributed by atoms with Gasteiger partial charge in [0.15, 0.2) is 0 Å². The van der Waals surface area contributed by atoms with Crippen LogP contribution in [-0.4, -0.2) is 12.5 Å². The van der Waals surface area contributed by atoms with Gasteiger partial charge < -0.3 is 15.4 Å². The molecule has 27 heavy (non-hydrogen) atoms. The Bertz CT molecular complexity index is 890. The summed E-state index contributed by atoms with van der Waals surface area (Å²) < 4.78 is 5.76. The molecular weight excluding hydrogens is 336 g/mol. The minimum atomic E-state index is -0.0890. The highest BCUT2D eigenvalue weighted by Crippen LogP contribution is 2.18. The first kappa shape index (κ1) is 18.5. The third-order valence-corrected chi connectivity index (χ3v) is 4.22. The van der Waals surface area contributed by atoms with Crippen LogP contribution < -0.4 is 15.4 Å². The number of carbonyl (C=O) groups excluding carboxylic acids is 1. The summed E-state index contributed by atoms with van der Waals surface area (Å²) in [6.07, 6.45) is 0. The summed E-state index contributed by atoms with van der Waals surface area (Å²) in [6, 6.07) is 23.6. The van der Waals surface area contributed by atoms with Crippen molar-refractivity contribution in [3.05, 3.63) is 89.5 Å². The van der Waals surface area contributed by atoms with Crippen LogP contribution in [0.5, 0.6) is 5.75 Å². The quantitative estimate of drug-likeness (QED) is 0.628. The summed E-state index contributed by atoms with van der Waals surface area (Å²) in [5.74, 6) is 0.680. The van der Waals surface area contributed by atoms with E-state index in [2.05, 4.69) is 16.7 Å². The molecule has 0 aliphatic rings. The van der Waals surface area contributed by atoms with E-state index >= 15 is 0 Å². The van der Waals surface area contributed by atoms with Crippen molar-refractivity contribution in [2.24, 2.45) is 0 Å². The van der Waals surface area contributed by atoms with Gasteiger partial charge in [-0.2, -0.15) is 0 Å². The Balaban J connectivity index is 1.48. The topological polar surface area (TPSA) is 50.4 Å². The molecular formula is C23H24N2O2. The molecule has 3 aromatic carbocycles. The Hall–Kier alpha value is -3.27. The van der Waals surface area contributed by atoms with E-state index in [0.717, 1.165) is 33.8 Å². The lowest BCUT2D eigenvalue weighted by Gasteiger charge is -2.11. The average Bonchev–Trinajstić information content (AvgIpc) is 2.69. The summed E-state index contributed by atoms with van der Waals surface area (Å²) in [4.78, 5) is 12.2. The number of hydrogen-bond donors (Lipinski definition) is 2. The molecule has 4 nitrogen and oxygen atoms in total. The first-order chi connectivity index (χ1) is 13.1. The molecule has 0 aliphatic carbocycles. The standard InChI is InChI=1S/C23H24N2O2/c1-17-8-9-18(2)22(14-17)24-15-23(26)25-20-10-12-21(13-11-20)27-16-19-6-4-3-5-7-19/h3-14,24H,15-16H2,1-2H3,(H,25,26). The highest BCUT2D eigenvalue weighted by atomic mass is 16.5. The Labute approximate surface area is 160 Å². The SMILES string of the molecule is Cc1ccc(C)c(NCC(=O)Nc2ccc(OCc3ccccc3)cc2)c1. The molecule has 4 heteroatoms. The zero-order chi connectivity index (χ0) is 19.1. The van der Waals surface area contributed by atoms with Crippen LogP contribution in [0.1, 0.15) is 16.7 Å². The maximum absolute atomic E-state index is 12.2. The van der Waals surface area contributed by atoms with Gasteiger partial charge in [0.2, 0.25) is 5.91 Å². The molecule has 0 saturated heterocycles. The molecule has 3 aromatic rings. The van der Waals surface area contributed by atoms with Crippen LogP contribution >= 0.6 is 0 Å². The zero-order valence-electron chi connectivity index (χ0n) is 15.7. The lowest BCUT2D eigenvalue weighted by molar-refractivity contribution is -0.114. The minimum Gasteiger partial charge on any atom is -0.489 e. The van der Waals surface area contributed by atoms with E-state index in [0.29, 0.717) is 6.61 Å². The van der Waals surface area contributed by atoms with Gasteiger partial charge in [-0.05, 0) is 60.9 Å². The summed E-state index contributed by atoms with van der Waals surface area (Å²) in [5.41, 5.74) is 5.12. The van der Waals surface area contributed by atoms with Crippen LogP contribution in [0.3, 0.4) is 0 Å². The molecule has 0 fully saturated rings. The second-order valence-corrected chi connectivity index (χ2v) is 6.52. The number of aryl methyl sites for hydroxylation is 2. The fourth-order valence-electron chi connectivity index (χ4n) is 2.68. The predicted molar refractivity (Wildman–Crippen MR) is 110 cm³/mol. The van der Waals surface area contributed by atoms with E-state index in [4.69, 9.17) is 4.74 Å². The van der Waals surface area contributed by atoms with Gasteiger partial charge in [-0.15, -0.1) is 0 Å².